The first-order valence-corrected chi connectivity index (χ1v) is 6.96. The number of aryl methyl sites for hydroxylation is 1. The fourth-order valence-corrected chi connectivity index (χ4v) is 2.57. The molecule has 1 aromatic carbocycles. The highest BCUT2D eigenvalue weighted by atomic mass is 14.6. The number of rotatable bonds is 3. The van der Waals surface area contributed by atoms with Crippen LogP contribution >= 0.6 is 0 Å². The van der Waals surface area contributed by atoms with E-state index in [9.17, 15) is 0 Å². The molecule has 19 heavy (non-hydrogen) atoms. The van der Waals surface area contributed by atoms with Crippen molar-refractivity contribution in [3.63, 3.8) is 0 Å². The minimum atomic E-state index is 0.180. The van der Waals surface area contributed by atoms with Gasteiger partial charge in [-0.2, -0.15) is 0 Å². The molecule has 1 saturated carbocycles. The van der Waals surface area contributed by atoms with Crippen molar-refractivity contribution in [2.24, 2.45) is 11.7 Å². The summed E-state index contributed by atoms with van der Waals surface area (Å²) in [5, 5.41) is 0. The van der Waals surface area contributed by atoms with E-state index in [2.05, 4.69) is 44.2 Å². The summed E-state index contributed by atoms with van der Waals surface area (Å²) in [6.07, 6.45) is 9.64. The molecule has 0 saturated heterocycles. The lowest BCUT2D eigenvalue weighted by molar-refractivity contribution is 0.528. The van der Waals surface area contributed by atoms with Gasteiger partial charge in [0.05, 0.1) is 0 Å². The molecule has 2 rings (SSSR count). The van der Waals surface area contributed by atoms with Crippen molar-refractivity contribution in [1.29, 1.82) is 0 Å². The Kier molecular flexibility index (Phi) is 4.33. The second-order valence-corrected chi connectivity index (χ2v) is 5.26. The Labute approximate surface area is 116 Å². The van der Waals surface area contributed by atoms with Gasteiger partial charge < -0.3 is 11.5 Å². The molecule has 0 radical (unpaired) electrons. The zero-order valence-electron chi connectivity index (χ0n) is 11.6. The molecule has 1 aliphatic carbocycles. The van der Waals surface area contributed by atoms with E-state index in [-0.39, 0.29) is 6.04 Å². The largest absolute Gasteiger partial charge is 0.399 e. The fraction of sp³-hybridized carbons (Fsp3) is 0.353. The monoisotopic (exact) mass is 255 g/mol. The Hall–Kier alpha value is -1.67. The molecule has 2 atom stereocenters. The number of nitrogen functional groups attached to an aromatic ring is 1. The number of benzene rings is 1. The van der Waals surface area contributed by atoms with Crippen molar-refractivity contribution in [3.8, 4) is 0 Å². The van der Waals surface area contributed by atoms with E-state index in [1.165, 1.54) is 11.1 Å². The average molecular weight is 255 g/mol. The van der Waals surface area contributed by atoms with E-state index < -0.39 is 0 Å². The smallest absolute Gasteiger partial charge is 0.0317 e. The number of anilines is 1. The maximum atomic E-state index is 5.90. The third-order valence-corrected chi connectivity index (χ3v) is 3.77. The maximum absolute atomic E-state index is 5.90. The van der Waals surface area contributed by atoms with E-state index in [4.69, 9.17) is 11.5 Å². The summed E-state index contributed by atoms with van der Waals surface area (Å²) in [6.45, 7) is 6.26. The van der Waals surface area contributed by atoms with Crippen molar-refractivity contribution < 1.29 is 0 Å². The SMILES string of the molecule is C=C1[CH-]C(N)CCC1/C=C/c1ccc(N)cc1CC. The van der Waals surface area contributed by atoms with Crippen LogP contribution in [0.15, 0.2) is 36.4 Å². The minimum Gasteiger partial charge on any atom is -0.399 e. The Morgan fingerprint density at radius 3 is 2.89 bits per heavy atom. The third-order valence-electron chi connectivity index (χ3n) is 3.77. The summed E-state index contributed by atoms with van der Waals surface area (Å²) < 4.78 is 0. The molecule has 0 bridgehead atoms. The molecule has 2 unspecified atom stereocenters. The van der Waals surface area contributed by atoms with E-state index >= 15 is 0 Å². The van der Waals surface area contributed by atoms with Crippen molar-refractivity contribution in [2.45, 2.75) is 32.2 Å². The molecular weight excluding hydrogens is 232 g/mol. The molecule has 1 fully saturated rings. The van der Waals surface area contributed by atoms with Crippen molar-refractivity contribution in [3.05, 3.63) is 54.0 Å². The van der Waals surface area contributed by atoms with Gasteiger partial charge in [-0.15, -0.1) is 0 Å². The van der Waals surface area contributed by atoms with Gasteiger partial charge in [-0.05, 0) is 54.5 Å². The predicted molar refractivity (Wildman–Crippen MR) is 83.4 cm³/mol. The molecular formula is C17H23N2-. The van der Waals surface area contributed by atoms with Gasteiger partial charge in [0.2, 0.25) is 0 Å². The first-order chi connectivity index (χ1) is 9.10. The molecule has 0 heterocycles. The zero-order chi connectivity index (χ0) is 13.8. The van der Waals surface area contributed by atoms with Gasteiger partial charge in [-0.1, -0.05) is 25.1 Å². The van der Waals surface area contributed by atoms with Crippen LogP contribution in [-0.4, -0.2) is 6.04 Å². The van der Waals surface area contributed by atoms with E-state index in [0.29, 0.717) is 5.92 Å². The average Bonchev–Trinajstić information content (AvgIpc) is 2.39. The lowest BCUT2D eigenvalue weighted by Crippen LogP contribution is -2.28. The summed E-state index contributed by atoms with van der Waals surface area (Å²) in [5.74, 6) is 0.419. The van der Waals surface area contributed by atoms with E-state index in [1.807, 2.05) is 6.07 Å². The van der Waals surface area contributed by atoms with Crippen molar-refractivity contribution in [1.82, 2.24) is 0 Å². The molecule has 2 heteroatoms. The number of nitrogens with two attached hydrogens (primary N) is 2. The Morgan fingerprint density at radius 1 is 1.42 bits per heavy atom. The van der Waals surface area contributed by atoms with Crippen molar-refractivity contribution in [2.75, 3.05) is 5.73 Å². The highest BCUT2D eigenvalue weighted by Crippen LogP contribution is 2.28. The van der Waals surface area contributed by atoms with Crippen LogP contribution in [0.25, 0.3) is 6.08 Å². The highest BCUT2D eigenvalue weighted by Gasteiger charge is 2.13. The lowest BCUT2D eigenvalue weighted by atomic mass is 9.82. The van der Waals surface area contributed by atoms with Gasteiger partial charge in [0.15, 0.2) is 0 Å². The Bertz CT molecular complexity index is 488. The first-order valence-electron chi connectivity index (χ1n) is 6.96. The van der Waals surface area contributed by atoms with Gasteiger partial charge in [-0.3, -0.25) is 0 Å². The normalized spacial score (nSPS) is 23.6. The van der Waals surface area contributed by atoms with Crippen LogP contribution in [0.4, 0.5) is 5.69 Å². The topological polar surface area (TPSA) is 52.0 Å². The summed E-state index contributed by atoms with van der Waals surface area (Å²) in [6, 6.07) is 6.28. The van der Waals surface area contributed by atoms with Gasteiger partial charge in [-0.25, -0.2) is 18.6 Å². The summed E-state index contributed by atoms with van der Waals surface area (Å²) in [5.41, 5.74) is 16.2. The zero-order valence-corrected chi connectivity index (χ0v) is 11.6. The first kappa shape index (κ1) is 13.8. The van der Waals surface area contributed by atoms with Gasteiger partial charge in [0.1, 0.15) is 0 Å². The quantitative estimate of drug-likeness (QED) is 0.643. The molecule has 1 aromatic rings. The van der Waals surface area contributed by atoms with Crippen LogP contribution in [0, 0.1) is 12.3 Å². The molecule has 102 valence electrons. The summed E-state index contributed by atoms with van der Waals surface area (Å²) in [4.78, 5) is 0. The molecule has 1 aliphatic rings. The summed E-state index contributed by atoms with van der Waals surface area (Å²) >= 11 is 0. The van der Waals surface area contributed by atoms with Gasteiger partial charge in [0.25, 0.3) is 0 Å². The van der Waals surface area contributed by atoms with E-state index in [0.717, 1.165) is 30.5 Å². The van der Waals surface area contributed by atoms with Crippen LogP contribution in [0.1, 0.15) is 30.9 Å². The summed E-state index contributed by atoms with van der Waals surface area (Å²) in [7, 11) is 0. The fourth-order valence-electron chi connectivity index (χ4n) is 2.57. The van der Waals surface area contributed by atoms with Crippen LogP contribution in [0.2, 0.25) is 0 Å². The lowest BCUT2D eigenvalue weighted by Gasteiger charge is -2.33. The predicted octanol–water partition coefficient (Wildman–Crippen LogP) is 3.34. The van der Waals surface area contributed by atoms with Gasteiger partial charge >= 0.3 is 0 Å². The molecule has 0 aromatic heterocycles. The van der Waals surface area contributed by atoms with Crippen LogP contribution < -0.4 is 11.5 Å². The van der Waals surface area contributed by atoms with Gasteiger partial charge in [0, 0.05) is 5.69 Å². The molecule has 0 amide bonds. The minimum absolute atomic E-state index is 0.180. The molecule has 2 nitrogen and oxygen atoms in total. The molecule has 0 spiro atoms. The Balaban J connectivity index is 2.12. The number of hydrogen-bond donors (Lipinski definition) is 2. The Morgan fingerprint density at radius 2 is 2.21 bits per heavy atom. The molecule has 0 aliphatic heterocycles. The second kappa shape index (κ2) is 5.98. The number of hydrogen-bond acceptors (Lipinski definition) is 2. The standard InChI is InChI=1S/C17H23N2/c1-3-13-11-17(19)9-7-15(13)5-4-14-6-8-16(18)10-12(14)2/h4-5,7,9-11,14,16H,2-3,6,8,18-19H2,1H3/q-1/b5-4+. The second-order valence-electron chi connectivity index (χ2n) is 5.26. The van der Waals surface area contributed by atoms with Crippen molar-refractivity contribution >= 4 is 11.8 Å². The van der Waals surface area contributed by atoms with Crippen LogP contribution in [0.5, 0.6) is 0 Å². The third kappa shape index (κ3) is 3.42. The van der Waals surface area contributed by atoms with Crippen LogP contribution in [-0.2, 0) is 6.42 Å². The molecule has 4 N–H and O–H groups in total. The maximum Gasteiger partial charge on any atom is 0.0317 e. The number of allylic oxidation sites excluding steroid dienone is 1. The highest BCUT2D eigenvalue weighted by molar-refractivity contribution is 5.59. The van der Waals surface area contributed by atoms with Crippen LogP contribution in [0.3, 0.4) is 0 Å². The van der Waals surface area contributed by atoms with E-state index in [1.54, 1.807) is 0 Å².